The Morgan fingerprint density at radius 1 is 1.29 bits per heavy atom. The van der Waals surface area contributed by atoms with E-state index in [0.29, 0.717) is 25.1 Å². The number of benzene rings is 1. The summed E-state index contributed by atoms with van der Waals surface area (Å²) in [5.74, 6) is 2.60. The quantitative estimate of drug-likeness (QED) is 0.654. The van der Waals surface area contributed by atoms with Crippen molar-refractivity contribution in [3.05, 3.63) is 18.2 Å². The van der Waals surface area contributed by atoms with Crippen LogP contribution in [0.15, 0.2) is 23.2 Å². The van der Waals surface area contributed by atoms with E-state index < -0.39 is 0 Å². The van der Waals surface area contributed by atoms with Crippen molar-refractivity contribution in [2.75, 3.05) is 44.7 Å². The first-order chi connectivity index (χ1) is 11.7. The van der Waals surface area contributed by atoms with E-state index in [4.69, 9.17) is 15.2 Å². The molecule has 24 heavy (non-hydrogen) atoms. The van der Waals surface area contributed by atoms with Crippen LogP contribution in [0.4, 0.5) is 5.69 Å². The second-order valence-corrected chi connectivity index (χ2v) is 6.46. The van der Waals surface area contributed by atoms with Crippen LogP contribution in [0.5, 0.6) is 11.5 Å². The number of nitrogens with one attached hydrogen (secondary N) is 1. The summed E-state index contributed by atoms with van der Waals surface area (Å²) in [6.45, 7) is 7.81. The highest BCUT2D eigenvalue weighted by Crippen LogP contribution is 2.32. The number of nitrogens with zero attached hydrogens (tertiary/aromatic N) is 2. The molecule has 6 heteroatoms. The Balaban J connectivity index is 1.56. The Morgan fingerprint density at radius 2 is 2.12 bits per heavy atom. The van der Waals surface area contributed by atoms with Crippen molar-refractivity contribution in [2.24, 2.45) is 16.6 Å². The molecule has 0 saturated carbocycles. The monoisotopic (exact) mass is 332 g/mol. The van der Waals surface area contributed by atoms with Crippen LogP contribution >= 0.6 is 0 Å². The third-order valence-electron chi connectivity index (χ3n) is 4.59. The van der Waals surface area contributed by atoms with E-state index >= 15 is 0 Å². The summed E-state index contributed by atoms with van der Waals surface area (Å²) >= 11 is 0. The number of nitrogens with two attached hydrogens (primary N) is 1. The largest absolute Gasteiger partial charge is 0.490 e. The van der Waals surface area contributed by atoms with Crippen LogP contribution < -0.4 is 20.5 Å². The number of ether oxygens (including phenoxy) is 2. The lowest BCUT2D eigenvalue weighted by Gasteiger charge is -2.30. The standard InChI is InChI=1S/C18H28N4O2/c1-2-22-8-3-5-14(13-22)12-20-18(19)21-15-6-7-16-17(11-15)24-10-4-9-23-16/h6-7,11,14H,2-5,8-10,12-13H2,1H3,(H3,19,20,21). The second kappa shape index (κ2) is 8.24. The third kappa shape index (κ3) is 4.54. The van der Waals surface area contributed by atoms with Gasteiger partial charge in [0.05, 0.1) is 13.2 Å². The molecule has 1 unspecified atom stereocenters. The van der Waals surface area contributed by atoms with Gasteiger partial charge in [0, 0.05) is 31.3 Å². The predicted octanol–water partition coefficient (Wildman–Crippen LogP) is 2.31. The number of piperidine rings is 1. The van der Waals surface area contributed by atoms with Crippen LogP contribution in [0.3, 0.4) is 0 Å². The summed E-state index contributed by atoms with van der Waals surface area (Å²) in [7, 11) is 0. The van der Waals surface area contributed by atoms with E-state index in [-0.39, 0.29) is 0 Å². The zero-order valence-corrected chi connectivity index (χ0v) is 14.5. The zero-order chi connectivity index (χ0) is 16.8. The molecule has 0 aromatic heterocycles. The molecule has 2 aliphatic rings. The molecule has 2 aliphatic heterocycles. The molecule has 0 spiro atoms. The average molecular weight is 332 g/mol. The van der Waals surface area contributed by atoms with Gasteiger partial charge in [0.1, 0.15) is 0 Å². The molecule has 0 radical (unpaired) electrons. The van der Waals surface area contributed by atoms with Crippen molar-refractivity contribution in [1.29, 1.82) is 0 Å². The summed E-state index contributed by atoms with van der Waals surface area (Å²) < 4.78 is 11.3. The minimum absolute atomic E-state index is 0.457. The third-order valence-corrected chi connectivity index (χ3v) is 4.59. The van der Waals surface area contributed by atoms with E-state index in [1.807, 2.05) is 18.2 Å². The molecule has 2 heterocycles. The fraction of sp³-hybridized carbons (Fsp3) is 0.611. The topological polar surface area (TPSA) is 72.1 Å². The molecule has 1 saturated heterocycles. The first-order valence-corrected chi connectivity index (χ1v) is 8.93. The SMILES string of the molecule is CCN1CCCC(CN=C(N)Nc2ccc3c(c2)OCCCO3)C1. The molecule has 3 N–H and O–H groups in total. The summed E-state index contributed by atoms with van der Waals surface area (Å²) in [4.78, 5) is 7.01. The van der Waals surface area contributed by atoms with Gasteiger partial charge in [0.2, 0.25) is 0 Å². The molecule has 1 atom stereocenters. The number of guanidine groups is 1. The number of hydrogen-bond acceptors (Lipinski definition) is 4. The van der Waals surface area contributed by atoms with Gasteiger partial charge in [-0.2, -0.15) is 0 Å². The Bertz CT molecular complexity index is 576. The van der Waals surface area contributed by atoms with Gasteiger partial charge in [-0.1, -0.05) is 6.92 Å². The molecule has 1 fully saturated rings. The molecule has 0 amide bonds. The second-order valence-electron chi connectivity index (χ2n) is 6.46. The molecule has 0 bridgehead atoms. The number of fused-ring (bicyclic) bond motifs is 1. The average Bonchev–Trinajstić information content (AvgIpc) is 2.85. The van der Waals surface area contributed by atoms with Crippen LogP contribution in [-0.4, -0.2) is 50.3 Å². The summed E-state index contributed by atoms with van der Waals surface area (Å²) in [5, 5.41) is 3.16. The maximum absolute atomic E-state index is 6.05. The van der Waals surface area contributed by atoms with E-state index in [1.54, 1.807) is 0 Å². The maximum Gasteiger partial charge on any atom is 0.193 e. The highest BCUT2D eigenvalue weighted by Gasteiger charge is 2.18. The van der Waals surface area contributed by atoms with Gasteiger partial charge in [0.25, 0.3) is 0 Å². The van der Waals surface area contributed by atoms with Crippen molar-refractivity contribution >= 4 is 11.6 Å². The van der Waals surface area contributed by atoms with Crippen LogP contribution in [0.25, 0.3) is 0 Å². The molecule has 1 aromatic carbocycles. The van der Waals surface area contributed by atoms with Crippen LogP contribution in [0.1, 0.15) is 26.2 Å². The Morgan fingerprint density at radius 3 is 2.96 bits per heavy atom. The summed E-state index contributed by atoms with van der Waals surface area (Å²) in [5.41, 5.74) is 6.92. The lowest BCUT2D eigenvalue weighted by Crippen LogP contribution is -2.36. The number of likely N-dealkylation sites (tertiary alicyclic amines) is 1. The minimum Gasteiger partial charge on any atom is -0.490 e. The molecular formula is C18H28N4O2. The molecule has 6 nitrogen and oxygen atoms in total. The zero-order valence-electron chi connectivity index (χ0n) is 14.5. The molecule has 3 rings (SSSR count). The number of rotatable bonds is 4. The summed E-state index contributed by atoms with van der Waals surface area (Å²) in [6.07, 6.45) is 3.39. The maximum atomic E-state index is 6.05. The molecule has 1 aromatic rings. The van der Waals surface area contributed by atoms with Gasteiger partial charge in [-0.25, -0.2) is 0 Å². The molecular weight excluding hydrogens is 304 g/mol. The van der Waals surface area contributed by atoms with Crippen molar-refractivity contribution in [2.45, 2.75) is 26.2 Å². The van der Waals surface area contributed by atoms with Gasteiger partial charge in [-0.3, -0.25) is 4.99 Å². The van der Waals surface area contributed by atoms with E-state index in [2.05, 4.69) is 22.1 Å². The van der Waals surface area contributed by atoms with Gasteiger partial charge in [0.15, 0.2) is 17.5 Å². The Labute approximate surface area is 144 Å². The van der Waals surface area contributed by atoms with Crippen molar-refractivity contribution in [1.82, 2.24) is 4.90 Å². The first-order valence-electron chi connectivity index (χ1n) is 8.93. The van der Waals surface area contributed by atoms with Gasteiger partial charge in [-0.15, -0.1) is 0 Å². The number of anilines is 1. The summed E-state index contributed by atoms with van der Waals surface area (Å²) in [6, 6.07) is 5.77. The van der Waals surface area contributed by atoms with E-state index in [9.17, 15) is 0 Å². The molecule has 0 aliphatic carbocycles. The van der Waals surface area contributed by atoms with Crippen molar-refractivity contribution in [3.8, 4) is 11.5 Å². The van der Waals surface area contributed by atoms with Crippen LogP contribution in [0, 0.1) is 5.92 Å². The van der Waals surface area contributed by atoms with Gasteiger partial charge < -0.3 is 25.4 Å². The van der Waals surface area contributed by atoms with E-state index in [1.165, 1.54) is 19.4 Å². The Kier molecular flexibility index (Phi) is 5.80. The predicted molar refractivity (Wildman–Crippen MR) is 97.0 cm³/mol. The molecule has 132 valence electrons. The van der Waals surface area contributed by atoms with Crippen LogP contribution in [-0.2, 0) is 0 Å². The highest BCUT2D eigenvalue weighted by molar-refractivity contribution is 5.92. The van der Waals surface area contributed by atoms with Gasteiger partial charge in [-0.05, 0) is 44.0 Å². The number of hydrogen-bond donors (Lipinski definition) is 2. The Hall–Kier alpha value is -1.95. The fourth-order valence-corrected chi connectivity index (χ4v) is 3.24. The first kappa shape index (κ1) is 16.9. The van der Waals surface area contributed by atoms with Gasteiger partial charge >= 0.3 is 0 Å². The van der Waals surface area contributed by atoms with E-state index in [0.717, 1.165) is 43.2 Å². The highest BCUT2D eigenvalue weighted by atomic mass is 16.5. The normalized spacial score (nSPS) is 22.0. The number of aliphatic imine (C=N–C) groups is 1. The smallest absolute Gasteiger partial charge is 0.193 e. The van der Waals surface area contributed by atoms with Crippen molar-refractivity contribution < 1.29 is 9.47 Å². The lowest BCUT2D eigenvalue weighted by atomic mass is 9.98. The minimum atomic E-state index is 0.457. The van der Waals surface area contributed by atoms with Crippen LogP contribution in [0.2, 0.25) is 0 Å². The fourth-order valence-electron chi connectivity index (χ4n) is 3.24. The lowest BCUT2D eigenvalue weighted by molar-refractivity contribution is 0.187. The van der Waals surface area contributed by atoms with Crippen molar-refractivity contribution in [3.63, 3.8) is 0 Å².